The molecule has 0 aromatic heterocycles. The fraction of sp³-hybridized carbons (Fsp3) is 0.938. The van der Waals surface area contributed by atoms with Gasteiger partial charge in [0.2, 0.25) is 15.9 Å². The summed E-state index contributed by atoms with van der Waals surface area (Å²) in [5, 5.41) is 0. The highest BCUT2D eigenvalue weighted by Crippen LogP contribution is 2.24. The zero-order valence-corrected chi connectivity index (χ0v) is 14.7. The third-order valence-electron chi connectivity index (χ3n) is 5.05. The molecule has 0 radical (unpaired) electrons. The van der Waals surface area contributed by atoms with Crippen LogP contribution in [0.15, 0.2) is 0 Å². The van der Waals surface area contributed by atoms with Gasteiger partial charge >= 0.3 is 0 Å². The van der Waals surface area contributed by atoms with Crippen molar-refractivity contribution in [2.45, 2.75) is 64.8 Å². The number of carbonyl (C=O) groups is 1. The normalized spacial score (nSPS) is 30.8. The van der Waals surface area contributed by atoms with Crippen molar-refractivity contribution >= 4 is 15.9 Å². The van der Waals surface area contributed by atoms with Crippen LogP contribution in [-0.2, 0) is 14.8 Å². The molecule has 0 unspecified atom stereocenters. The van der Waals surface area contributed by atoms with Gasteiger partial charge in [0.1, 0.15) is 5.75 Å². The second-order valence-electron chi connectivity index (χ2n) is 7.25. The van der Waals surface area contributed by atoms with Crippen molar-refractivity contribution in [2.24, 2.45) is 11.8 Å². The molecule has 2 fully saturated rings. The Morgan fingerprint density at radius 2 is 1.64 bits per heavy atom. The van der Waals surface area contributed by atoms with Crippen LogP contribution >= 0.6 is 0 Å². The molecule has 0 aromatic rings. The summed E-state index contributed by atoms with van der Waals surface area (Å²) in [4.78, 5) is 14.0. The van der Waals surface area contributed by atoms with E-state index in [4.69, 9.17) is 0 Å². The minimum absolute atomic E-state index is 0.0122. The molecular weight excluding hydrogens is 300 g/mol. The van der Waals surface area contributed by atoms with Gasteiger partial charge in [-0.1, -0.05) is 13.8 Å². The number of sulfonamides is 1. The Labute approximate surface area is 134 Å². The minimum Gasteiger partial charge on any atom is -0.342 e. The van der Waals surface area contributed by atoms with Gasteiger partial charge in [-0.2, -0.15) is 0 Å². The lowest BCUT2D eigenvalue weighted by molar-refractivity contribution is -0.128. The van der Waals surface area contributed by atoms with E-state index in [1.807, 2.05) is 0 Å². The molecule has 0 aromatic carbocycles. The maximum Gasteiger partial charge on any atom is 0.239 e. The summed E-state index contributed by atoms with van der Waals surface area (Å²) < 4.78 is 27.2. The Kier molecular flexibility index (Phi) is 6.26. The summed E-state index contributed by atoms with van der Waals surface area (Å²) in [6, 6.07) is 0.0122. The van der Waals surface area contributed by atoms with Gasteiger partial charge in [0.05, 0.1) is 0 Å². The maximum atomic E-state index is 12.3. The molecule has 128 valence electrons. The van der Waals surface area contributed by atoms with Crippen LogP contribution in [-0.4, -0.2) is 44.1 Å². The number of nitrogens with zero attached hydrogens (tertiary/aromatic N) is 1. The standard InChI is InChI=1S/C16H30N2O3S/c1-13-4-3-10-18(11-9-13)16(19)12-22(20,21)17-15-7-5-14(2)6-8-15/h13-15,17H,3-12H2,1-2H3/t13-,14?,15?/m1/s1. The number of amides is 1. The van der Waals surface area contributed by atoms with Crippen LogP contribution < -0.4 is 4.72 Å². The highest BCUT2D eigenvalue weighted by Gasteiger charge is 2.27. The predicted molar refractivity (Wildman–Crippen MR) is 87.9 cm³/mol. The number of carbonyl (C=O) groups excluding carboxylic acids is 1. The zero-order chi connectivity index (χ0) is 16.2. The van der Waals surface area contributed by atoms with E-state index in [9.17, 15) is 13.2 Å². The summed E-state index contributed by atoms with van der Waals surface area (Å²) in [5.41, 5.74) is 0. The lowest BCUT2D eigenvalue weighted by Crippen LogP contribution is -2.44. The van der Waals surface area contributed by atoms with E-state index >= 15 is 0 Å². The molecule has 0 bridgehead atoms. The topological polar surface area (TPSA) is 66.5 Å². The number of hydrogen-bond donors (Lipinski definition) is 1. The van der Waals surface area contributed by atoms with Crippen LogP contribution in [0.4, 0.5) is 0 Å². The molecule has 5 nitrogen and oxygen atoms in total. The van der Waals surface area contributed by atoms with Crippen LogP contribution in [0.1, 0.15) is 58.8 Å². The van der Waals surface area contributed by atoms with Gasteiger partial charge in [-0.25, -0.2) is 13.1 Å². The molecule has 1 aliphatic carbocycles. The average Bonchev–Trinajstić information content (AvgIpc) is 2.65. The molecule has 2 rings (SSSR count). The second kappa shape index (κ2) is 7.77. The molecule has 1 amide bonds. The minimum atomic E-state index is -3.51. The van der Waals surface area contributed by atoms with Crippen molar-refractivity contribution in [3.05, 3.63) is 0 Å². The van der Waals surface area contributed by atoms with E-state index < -0.39 is 15.8 Å². The van der Waals surface area contributed by atoms with Crippen molar-refractivity contribution in [3.63, 3.8) is 0 Å². The maximum absolute atomic E-state index is 12.3. The summed E-state index contributed by atoms with van der Waals surface area (Å²) in [6.45, 7) is 5.78. The first-order chi connectivity index (χ1) is 10.4. The molecular formula is C16H30N2O3S. The smallest absolute Gasteiger partial charge is 0.239 e. The van der Waals surface area contributed by atoms with Crippen LogP contribution in [0.2, 0.25) is 0 Å². The first-order valence-corrected chi connectivity index (χ1v) is 10.3. The third-order valence-corrected chi connectivity index (χ3v) is 6.36. The van der Waals surface area contributed by atoms with Crippen molar-refractivity contribution < 1.29 is 13.2 Å². The molecule has 1 saturated carbocycles. The average molecular weight is 330 g/mol. The first kappa shape index (κ1) is 17.7. The summed E-state index contributed by atoms with van der Waals surface area (Å²) >= 11 is 0. The third kappa shape index (κ3) is 5.54. The summed E-state index contributed by atoms with van der Waals surface area (Å²) in [6.07, 6.45) is 6.96. The Balaban J connectivity index is 1.84. The van der Waals surface area contributed by atoms with E-state index in [1.165, 1.54) is 0 Å². The fourth-order valence-electron chi connectivity index (χ4n) is 3.44. The molecule has 6 heteroatoms. The van der Waals surface area contributed by atoms with Gasteiger partial charge in [0.15, 0.2) is 0 Å². The first-order valence-electron chi connectivity index (χ1n) is 8.63. The van der Waals surface area contributed by atoms with Crippen molar-refractivity contribution in [1.29, 1.82) is 0 Å². The quantitative estimate of drug-likeness (QED) is 0.859. The molecule has 1 aliphatic heterocycles. The molecule has 1 heterocycles. The summed E-state index contributed by atoms with van der Waals surface area (Å²) in [5.74, 6) is 0.664. The van der Waals surface area contributed by atoms with Crippen LogP contribution in [0, 0.1) is 11.8 Å². The van der Waals surface area contributed by atoms with E-state index in [0.29, 0.717) is 24.9 Å². The van der Waals surface area contributed by atoms with Crippen LogP contribution in [0.3, 0.4) is 0 Å². The van der Waals surface area contributed by atoms with Gasteiger partial charge in [0, 0.05) is 19.1 Å². The molecule has 1 N–H and O–H groups in total. The van der Waals surface area contributed by atoms with Crippen LogP contribution in [0.5, 0.6) is 0 Å². The monoisotopic (exact) mass is 330 g/mol. The van der Waals surface area contributed by atoms with Crippen LogP contribution in [0.25, 0.3) is 0 Å². The van der Waals surface area contributed by atoms with Crippen molar-refractivity contribution in [3.8, 4) is 0 Å². The number of hydrogen-bond acceptors (Lipinski definition) is 3. The Morgan fingerprint density at radius 3 is 2.32 bits per heavy atom. The fourth-order valence-corrected chi connectivity index (χ4v) is 4.77. The molecule has 22 heavy (non-hydrogen) atoms. The van der Waals surface area contributed by atoms with Gasteiger partial charge in [-0.15, -0.1) is 0 Å². The van der Waals surface area contributed by atoms with Crippen molar-refractivity contribution in [1.82, 2.24) is 9.62 Å². The zero-order valence-electron chi connectivity index (χ0n) is 13.9. The number of rotatable bonds is 4. The van der Waals surface area contributed by atoms with E-state index in [0.717, 1.165) is 44.9 Å². The van der Waals surface area contributed by atoms with Gasteiger partial charge in [-0.05, 0) is 56.8 Å². The molecule has 2 aliphatic rings. The lowest BCUT2D eigenvalue weighted by atomic mass is 9.88. The van der Waals surface area contributed by atoms with E-state index in [-0.39, 0.29) is 11.9 Å². The van der Waals surface area contributed by atoms with Gasteiger partial charge in [-0.3, -0.25) is 4.79 Å². The highest BCUT2D eigenvalue weighted by molar-refractivity contribution is 7.90. The SMILES string of the molecule is CC1CCC(NS(=O)(=O)CC(=O)N2CCC[C@@H](C)CC2)CC1. The Morgan fingerprint density at radius 1 is 1.00 bits per heavy atom. The van der Waals surface area contributed by atoms with Crippen molar-refractivity contribution in [2.75, 3.05) is 18.8 Å². The summed E-state index contributed by atoms with van der Waals surface area (Å²) in [7, 11) is -3.51. The molecule has 0 spiro atoms. The molecule has 1 saturated heterocycles. The van der Waals surface area contributed by atoms with E-state index in [1.54, 1.807) is 4.90 Å². The van der Waals surface area contributed by atoms with Gasteiger partial charge < -0.3 is 4.90 Å². The lowest BCUT2D eigenvalue weighted by Gasteiger charge is -2.27. The number of nitrogens with one attached hydrogen (secondary N) is 1. The Hall–Kier alpha value is -0.620. The largest absolute Gasteiger partial charge is 0.342 e. The van der Waals surface area contributed by atoms with E-state index in [2.05, 4.69) is 18.6 Å². The second-order valence-corrected chi connectivity index (χ2v) is 9.00. The Bertz CT molecular complexity index is 470. The molecule has 1 atom stereocenters. The highest BCUT2D eigenvalue weighted by atomic mass is 32.2. The predicted octanol–water partition coefficient (Wildman–Crippen LogP) is 2.13. The number of likely N-dealkylation sites (tertiary alicyclic amines) is 1. The van der Waals surface area contributed by atoms with Gasteiger partial charge in [0.25, 0.3) is 0 Å².